The summed E-state index contributed by atoms with van der Waals surface area (Å²) in [4.78, 5) is 126. The lowest BCUT2D eigenvalue weighted by Crippen LogP contribution is -2.62. The van der Waals surface area contributed by atoms with Crippen molar-refractivity contribution in [1.82, 2.24) is 46.3 Å². The fraction of sp³-hybridized carbons (Fsp3) is 0.597. The number of carbonyl (C=O) groups excluding carboxylic acids is 6. The minimum Gasteiger partial charge on any atom is -0.481 e. The number of carboxylic acids is 3. The molecule has 1 aromatic heterocycles. The predicted molar refractivity (Wildman–Crippen MR) is 343 cm³/mol. The molecule has 9 atom stereocenters. The van der Waals surface area contributed by atoms with Gasteiger partial charge in [-0.2, -0.15) is 0 Å². The Hall–Kier alpha value is -7.39. The molecule has 0 aliphatic heterocycles. The maximum Gasteiger partial charge on any atom is 0.326 e. The molecule has 0 saturated carbocycles. The summed E-state index contributed by atoms with van der Waals surface area (Å²) in [5.74, 6) is -7.57. The van der Waals surface area contributed by atoms with Crippen molar-refractivity contribution in [2.75, 3.05) is 28.2 Å². The highest BCUT2D eigenvalue weighted by molar-refractivity contribution is 5.97. The standard InChI is InChI=1S/C67H103N9O12/c1-39(2)49(36-41(4)57(81)70-43(6)30-32-51(77)78)75(19)62(86)56(73-60(84)54(69-17)67(14,15)46-38-74(18)48-29-25-24-28-45(46)48)65(10,11)35-34-40(3)50(37-42(5)58(82)71-47(63(87)88)31-33-52(79)80)76(20)61(85)55(64(7,8)9)72-59(83)53(68-16)66(12,13)44-26-22-21-23-27-44/h21-29,36-40,43,47,49-50,53-56,68-69H,30-35H2,1-20H3,(H,70,81)(H,71,82)(H,72,83)(H,73,84)(H,77,78)(H,79,80)(H,87,88)/b41-36+,42-37+/t40?,43-,47-,49-,50-,53-,54-,55-,56-/m1/s1. The van der Waals surface area contributed by atoms with Crippen LogP contribution >= 0.6 is 0 Å². The van der Waals surface area contributed by atoms with Gasteiger partial charge in [0.05, 0.1) is 24.2 Å². The zero-order valence-electron chi connectivity index (χ0n) is 55.8. The smallest absolute Gasteiger partial charge is 0.326 e. The van der Waals surface area contributed by atoms with Crippen molar-refractivity contribution < 1.29 is 58.5 Å². The van der Waals surface area contributed by atoms with Crippen LogP contribution in [0.1, 0.15) is 154 Å². The van der Waals surface area contributed by atoms with Gasteiger partial charge < -0.3 is 61.6 Å². The van der Waals surface area contributed by atoms with E-state index in [2.05, 4.69) is 31.9 Å². The molecular weight excluding hydrogens is 1120 g/mol. The number of carboxylic acid groups (broad SMARTS) is 3. The van der Waals surface area contributed by atoms with Crippen molar-refractivity contribution in [3.8, 4) is 0 Å². The van der Waals surface area contributed by atoms with Crippen molar-refractivity contribution in [2.45, 2.75) is 202 Å². The summed E-state index contributed by atoms with van der Waals surface area (Å²) in [6, 6.07) is 9.77. The van der Waals surface area contributed by atoms with Gasteiger partial charge in [0, 0.05) is 79.1 Å². The number of amides is 6. The Morgan fingerprint density at radius 2 is 1.05 bits per heavy atom. The summed E-state index contributed by atoms with van der Waals surface area (Å²) in [6.45, 7) is 27.5. The number of benzene rings is 2. The second-order valence-corrected chi connectivity index (χ2v) is 27.1. The highest BCUT2D eigenvalue weighted by Crippen LogP contribution is 2.37. The third kappa shape index (κ3) is 19.6. The van der Waals surface area contributed by atoms with Crippen LogP contribution in [0.2, 0.25) is 0 Å². The number of aromatic nitrogens is 1. The maximum absolute atomic E-state index is 15.6. The second-order valence-electron chi connectivity index (χ2n) is 27.1. The Balaban J connectivity index is 2.24. The lowest BCUT2D eigenvalue weighted by molar-refractivity contribution is -0.142. The number of aliphatic carboxylic acids is 3. The Kier molecular flexibility index (Phi) is 27.0. The van der Waals surface area contributed by atoms with Crippen LogP contribution < -0.4 is 31.9 Å². The van der Waals surface area contributed by atoms with Crippen molar-refractivity contribution in [3.05, 3.63) is 95.2 Å². The molecule has 0 fully saturated rings. The van der Waals surface area contributed by atoms with Crippen LogP contribution in [-0.4, -0.2) is 160 Å². The fourth-order valence-electron chi connectivity index (χ4n) is 11.6. The first-order valence-corrected chi connectivity index (χ1v) is 30.4. The first-order valence-electron chi connectivity index (χ1n) is 30.4. The molecule has 1 unspecified atom stereocenters. The van der Waals surface area contributed by atoms with Gasteiger partial charge in [0.2, 0.25) is 35.4 Å². The monoisotopic (exact) mass is 1230 g/mol. The molecule has 0 aliphatic carbocycles. The molecule has 1 heterocycles. The number of rotatable bonds is 33. The summed E-state index contributed by atoms with van der Waals surface area (Å²) in [5, 5.41) is 47.5. The van der Waals surface area contributed by atoms with Gasteiger partial charge in [0.25, 0.3) is 0 Å². The van der Waals surface area contributed by atoms with Crippen LogP contribution in [0, 0.1) is 22.7 Å². The minimum atomic E-state index is -1.54. The van der Waals surface area contributed by atoms with E-state index in [1.165, 1.54) is 16.7 Å². The van der Waals surface area contributed by atoms with E-state index in [0.29, 0.717) is 5.57 Å². The largest absolute Gasteiger partial charge is 0.481 e. The Bertz CT molecular complexity index is 3010. The lowest BCUT2D eigenvalue weighted by atomic mass is 9.74. The lowest BCUT2D eigenvalue weighted by Gasteiger charge is -2.42. The topological polar surface area (TPSA) is 298 Å². The minimum absolute atomic E-state index is 0.0221. The molecule has 9 N–H and O–H groups in total. The Labute approximate surface area is 521 Å². The number of nitrogens with one attached hydrogen (secondary N) is 6. The van der Waals surface area contributed by atoms with Crippen LogP contribution in [0.5, 0.6) is 0 Å². The number of hydrogen-bond acceptors (Lipinski definition) is 11. The van der Waals surface area contributed by atoms with E-state index >= 15 is 14.4 Å². The number of nitrogens with zero attached hydrogens (tertiary/aromatic N) is 3. The Morgan fingerprint density at radius 1 is 0.580 bits per heavy atom. The van der Waals surface area contributed by atoms with Crippen molar-refractivity contribution in [1.29, 1.82) is 0 Å². The molecule has 2 aromatic carbocycles. The summed E-state index contributed by atoms with van der Waals surface area (Å²) >= 11 is 0. The fourth-order valence-corrected chi connectivity index (χ4v) is 11.6. The van der Waals surface area contributed by atoms with Gasteiger partial charge in [0.1, 0.15) is 18.1 Å². The summed E-state index contributed by atoms with van der Waals surface area (Å²) in [5.41, 5.74) is -0.488. The molecule has 6 amide bonds. The Morgan fingerprint density at radius 3 is 1.56 bits per heavy atom. The molecule has 0 bridgehead atoms. The summed E-state index contributed by atoms with van der Waals surface area (Å²) in [7, 11) is 8.49. The highest BCUT2D eigenvalue weighted by Gasteiger charge is 2.46. The number of aryl methyl sites for hydroxylation is 1. The highest BCUT2D eigenvalue weighted by atomic mass is 16.4. The van der Waals surface area contributed by atoms with Gasteiger partial charge in [0.15, 0.2) is 0 Å². The average molecular weight is 1230 g/mol. The third-order valence-electron chi connectivity index (χ3n) is 17.4. The van der Waals surface area contributed by atoms with Crippen LogP contribution in [0.15, 0.2) is 84.1 Å². The zero-order chi connectivity index (χ0) is 67.1. The predicted octanol–water partition coefficient (Wildman–Crippen LogP) is 7.07. The van der Waals surface area contributed by atoms with Gasteiger partial charge in [-0.3, -0.25) is 38.4 Å². The van der Waals surface area contributed by atoms with Crippen molar-refractivity contribution in [2.24, 2.45) is 29.7 Å². The van der Waals surface area contributed by atoms with Gasteiger partial charge in [-0.25, -0.2) is 4.79 Å². The molecule has 21 nitrogen and oxygen atoms in total. The molecule has 21 heteroatoms. The molecule has 0 saturated heterocycles. The third-order valence-corrected chi connectivity index (χ3v) is 17.4. The van der Waals surface area contributed by atoms with Gasteiger partial charge in [-0.05, 0) is 100 Å². The molecule has 3 rings (SSSR count). The van der Waals surface area contributed by atoms with E-state index in [9.17, 15) is 44.1 Å². The molecule has 488 valence electrons. The number of likely N-dealkylation sites (N-methyl/N-ethyl adjacent to an activating group) is 4. The van der Waals surface area contributed by atoms with E-state index < -0.39 is 142 Å². The number of carbonyl (C=O) groups is 9. The van der Waals surface area contributed by atoms with E-state index in [1.54, 1.807) is 54.2 Å². The van der Waals surface area contributed by atoms with E-state index in [0.717, 1.165) is 22.0 Å². The molecule has 0 aliphatic rings. The van der Waals surface area contributed by atoms with Gasteiger partial charge in [-0.1, -0.05) is 144 Å². The molecular formula is C67H103N9O12. The van der Waals surface area contributed by atoms with E-state index in [4.69, 9.17) is 0 Å². The van der Waals surface area contributed by atoms with Crippen LogP contribution in [0.25, 0.3) is 10.9 Å². The summed E-state index contributed by atoms with van der Waals surface area (Å²) in [6.07, 6.45) is 4.88. The summed E-state index contributed by atoms with van der Waals surface area (Å²) < 4.78 is 2.00. The average Bonchev–Trinajstić information content (AvgIpc) is 1.54. The number of fused-ring (bicyclic) bond motifs is 1. The molecule has 0 radical (unpaired) electrons. The van der Waals surface area contributed by atoms with E-state index in [1.807, 2.05) is 155 Å². The molecule has 88 heavy (non-hydrogen) atoms. The molecule has 3 aromatic rings. The zero-order valence-corrected chi connectivity index (χ0v) is 55.8. The number of hydrogen-bond donors (Lipinski definition) is 9. The first-order chi connectivity index (χ1) is 40.7. The van der Waals surface area contributed by atoms with Crippen molar-refractivity contribution in [3.63, 3.8) is 0 Å². The van der Waals surface area contributed by atoms with Crippen LogP contribution in [-0.2, 0) is 61.0 Å². The van der Waals surface area contributed by atoms with Gasteiger partial charge >= 0.3 is 17.9 Å². The quantitative estimate of drug-likeness (QED) is 0.0276. The normalized spacial score (nSPS) is 15.8. The number of para-hydroxylation sites is 1. The van der Waals surface area contributed by atoms with Crippen molar-refractivity contribution >= 4 is 64.3 Å². The SMILES string of the molecule is CN[C@H](C(=O)N[C@H](C(=O)N(C)[C@H](/C=C(\C)C(=O)N[C@H](CCC(=O)O)C(=O)O)C(C)CCC(C)(C)[C@H](NC(=O)[C@@H](NC)C(C)(C)c1cn(C)c2ccccc12)C(=O)N(C)[C@H](/C=C(\C)C(=O)N[C@H](C)CCC(=O)O)C(C)C)C(C)(C)C)C(C)(C)c1ccccc1. The maximum atomic E-state index is 15.6. The van der Waals surface area contributed by atoms with Crippen LogP contribution in [0.4, 0.5) is 0 Å². The molecule has 0 spiro atoms. The van der Waals surface area contributed by atoms with Crippen LogP contribution in [0.3, 0.4) is 0 Å². The van der Waals surface area contributed by atoms with Gasteiger partial charge in [-0.15, -0.1) is 0 Å². The second kappa shape index (κ2) is 31.7. The first kappa shape index (κ1) is 74.9. The van der Waals surface area contributed by atoms with E-state index in [-0.39, 0.29) is 37.2 Å².